The van der Waals surface area contributed by atoms with Crippen LogP contribution in [-0.2, 0) is 71.2 Å². The molecule has 9 fully saturated rings. The first-order valence-electron chi connectivity index (χ1n) is 48.6. The first-order valence-corrected chi connectivity index (χ1v) is 51.2. The van der Waals surface area contributed by atoms with Crippen molar-refractivity contribution < 1.29 is 115 Å². The van der Waals surface area contributed by atoms with E-state index in [4.69, 9.17) is 148 Å². The summed E-state index contributed by atoms with van der Waals surface area (Å²) in [5.74, 6) is 0.317. The second-order valence-corrected chi connectivity index (χ2v) is 43.5. The summed E-state index contributed by atoms with van der Waals surface area (Å²) in [6.45, 7) is 53.2. The lowest BCUT2D eigenvalue weighted by atomic mass is 10.0. The van der Waals surface area contributed by atoms with Gasteiger partial charge in [0, 0.05) is 154 Å². The zero-order valence-corrected chi connectivity index (χ0v) is 92.0. The van der Waals surface area contributed by atoms with Gasteiger partial charge in [-0.15, -0.1) is 23.2 Å². The molecule has 6 unspecified atom stereocenters. The highest BCUT2D eigenvalue weighted by molar-refractivity contribution is 6.35. The van der Waals surface area contributed by atoms with Crippen LogP contribution in [0.1, 0.15) is 170 Å². The summed E-state index contributed by atoms with van der Waals surface area (Å²) in [6, 6.07) is 8.80. The molecular formula is C98H156Cl6FN17O23. The van der Waals surface area contributed by atoms with Crippen molar-refractivity contribution in [1.29, 1.82) is 0 Å². The molecule has 0 aliphatic carbocycles. The van der Waals surface area contributed by atoms with Gasteiger partial charge < -0.3 is 139 Å². The number of rotatable bonds is 12. The van der Waals surface area contributed by atoms with Gasteiger partial charge in [-0.25, -0.2) is 38.7 Å². The molecule has 145 heavy (non-hydrogen) atoms. The number of hydrogen-bond acceptors (Lipinski definition) is 31. The molecule has 9 saturated heterocycles. The number of carbonyl (C=O) groups is 9. The van der Waals surface area contributed by atoms with Gasteiger partial charge in [0.25, 0.3) is 0 Å². The summed E-state index contributed by atoms with van der Waals surface area (Å²) in [6.07, 6.45) is 4.64. The maximum atomic E-state index is 14.5. The summed E-state index contributed by atoms with van der Waals surface area (Å²) in [5.41, 5.74) is 11.9. The van der Waals surface area contributed by atoms with Crippen LogP contribution in [0.3, 0.4) is 0 Å². The van der Waals surface area contributed by atoms with Gasteiger partial charge in [-0.2, -0.15) is 4.39 Å². The van der Waals surface area contributed by atoms with Crippen LogP contribution < -0.4 is 32.3 Å². The van der Waals surface area contributed by atoms with Crippen molar-refractivity contribution in [3.05, 3.63) is 92.9 Å². The Morgan fingerprint density at radius 3 is 1.27 bits per heavy atom. The van der Waals surface area contributed by atoms with Crippen LogP contribution in [0.4, 0.5) is 56.2 Å². The second kappa shape index (κ2) is 61.9. The average Bonchev–Trinajstić information content (AvgIpc) is 1.78. The Morgan fingerprint density at radius 2 is 0.862 bits per heavy atom. The number of piperidine rings is 3. The van der Waals surface area contributed by atoms with Crippen molar-refractivity contribution in [3.8, 4) is 0 Å². The number of allylic oxidation sites excluding steroid dienone is 1. The zero-order chi connectivity index (χ0) is 108. The third-order valence-electron chi connectivity index (χ3n) is 21.1. The number of ether oxygens (including phenoxy) is 12. The lowest BCUT2D eigenvalue weighted by Gasteiger charge is -2.39. The highest BCUT2D eigenvalue weighted by atomic mass is 35.5. The summed E-state index contributed by atoms with van der Waals surface area (Å²) in [7, 11) is 0. The van der Waals surface area contributed by atoms with Gasteiger partial charge in [0.15, 0.2) is 11.6 Å². The molecule has 9 aliphatic rings. The summed E-state index contributed by atoms with van der Waals surface area (Å²) >= 11 is 34.9. The number of nitrogen functional groups attached to an aromatic ring is 1. The molecule has 0 radical (unpaired) electrons. The fraction of sp³-hybridized carbons (Fsp3) is 0.694. The number of alkyl carbamates (subject to hydrolysis) is 1. The number of aliphatic hydroxyl groups is 1. The molecule has 0 spiro atoms. The van der Waals surface area contributed by atoms with Crippen molar-refractivity contribution in [2.24, 2.45) is 10.9 Å². The molecule has 0 saturated carbocycles. The number of benzene rings is 2. The Bertz CT molecular complexity index is 4590. The first kappa shape index (κ1) is 127. The monoisotopic (exact) mass is 2170 g/mol. The van der Waals surface area contributed by atoms with Crippen molar-refractivity contribution >= 4 is 153 Å². The molecule has 9 amide bonds. The predicted octanol–water partition coefficient (Wildman–Crippen LogP) is 14.5. The Balaban J connectivity index is 0.000000303. The van der Waals surface area contributed by atoms with E-state index >= 15 is 0 Å². The molecule has 6 atom stereocenters. The molecular weight excluding hydrogens is 2010 g/mol. The van der Waals surface area contributed by atoms with Crippen molar-refractivity contribution in [1.82, 2.24) is 54.5 Å². The standard InChI is InChI=1S/C21H29Cl2N3O4.C20H23Cl2FN6O2.C15H26N2O4.C11H19NO3.C10H18N2O4.C10H20N2O3.C7H15NO3.C4H6Cl2/c1-21(2,3)30-20(28)25-7-8-29-13-17(12-25)26-6-4-5-18(19(26)27)24-16-10-14(22)9-15(23)11-16;21-12-6-13(22)8-14(7-12)27-16-2-1-3-29(20(16)30)15-9-28(4-5-31-10-15)19-17(23)18(24)25-11-26-19;1-15(2,3)21-14(19)16-8-9-20-11-12(10-16)17-7-5-4-6-13(17)18;1-9-7-12(5-6-14-8-9)10(13)15-11(2,3)4;1-10(2,3)16-9(13)12-4-5-15-7-8(6-12)11-14;1-10(2,3)15-9(13)12-4-5-14-7-8(11)6-12;1-7(2,3)11-6(10)8-4-5-9;1-4(2-5)3-6/h9-11,17-18,24H,4-8,12-13H2,1-3H3;6-8,11,15-16,27H,1-5,9-10H2,(H2,24,25,26);12H,4-11H2,1-3H3;1,5-8H2,2-4H3;14H,4-7H2,1-3H3;8H,4-7,11H2,1-3H3;9H,4-5H2,1-3H3,(H,8,10);1-3H2/b;;;;11-8-;;;. The number of aromatic nitrogens is 2. The number of carbonyl (C=O) groups excluding carboxylic acids is 9. The predicted molar refractivity (Wildman–Crippen MR) is 557 cm³/mol. The molecule has 47 heteroatoms. The van der Waals surface area contributed by atoms with E-state index < -0.39 is 57.7 Å². The molecule has 0 bridgehead atoms. The molecule has 10 heterocycles. The van der Waals surface area contributed by atoms with Crippen LogP contribution in [0.25, 0.3) is 0 Å². The SMILES string of the molecule is C=C(CCl)CCl.C=C1COCCN(C(=O)OC(C)(C)C)C1.CC(C)(C)OC(=O)N1CCOC/C(=N\O)C1.CC(C)(C)OC(=O)N1CCOCC(N)C1.CC(C)(C)OC(=O)N1CCOCC(N2CCCC(Nc3cc(Cl)cc(Cl)c3)C2=O)C1.CC(C)(C)OC(=O)N1CCOCC(N2CCCCC2=O)C1.CC(C)(C)OC(=O)NCCO.Nc1ncnc(N2CCOCC(N3CCCC(Nc4cc(Cl)cc(Cl)c4)C3=O)C2)c1F. The van der Waals surface area contributed by atoms with Crippen molar-refractivity contribution in [2.45, 2.75) is 239 Å². The van der Waals surface area contributed by atoms with Gasteiger partial charge >= 0.3 is 36.6 Å². The van der Waals surface area contributed by atoms with Crippen LogP contribution in [0.5, 0.6) is 0 Å². The fourth-order valence-corrected chi connectivity index (χ4v) is 16.1. The topological polar surface area (TPSA) is 460 Å². The number of anilines is 4. The summed E-state index contributed by atoms with van der Waals surface area (Å²) in [5, 5.41) is 31.0. The van der Waals surface area contributed by atoms with Crippen LogP contribution in [-0.4, -0.2) is 392 Å². The number of nitrogens with two attached hydrogens (primary N) is 2. The smallest absolute Gasteiger partial charge is 0.410 e. The van der Waals surface area contributed by atoms with Gasteiger partial charge in [0.2, 0.25) is 23.5 Å². The van der Waals surface area contributed by atoms with Gasteiger partial charge in [0.1, 0.15) is 57.7 Å². The number of nitrogens with one attached hydrogen (secondary N) is 3. The van der Waals surface area contributed by atoms with Crippen molar-refractivity contribution in [2.75, 3.05) is 224 Å². The van der Waals surface area contributed by atoms with Crippen LogP contribution in [0.2, 0.25) is 20.1 Å². The molecule has 40 nitrogen and oxygen atoms in total. The Hall–Kier alpha value is -8.95. The number of amides is 9. The van der Waals surface area contributed by atoms with Gasteiger partial charge in [0.05, 0.1) is 111 Å². The number of aliphatic hydroxyl groups excluding tert-OH is 1. The number of likely N-dealkylation sites (tertiary alicyclic amines) is 3. The van der Waals surface area contributed by atoms with E-state index in [9.17, 15) is 47.5 Å². The second-order valence-electron chi connectivity index (χ2n) is 41.2. The molecule has 9 aliphatic heterocycles. The molecule has 2 aromatic carbocycles. The number of alkyl halides is 2. The Morgan fingerprint density at radius 1 is 0.490 bits per heavy atom. The largest absolute Gasteiger partial charge is 0.444 e. The number of halogens is 7. The maximum absolute atomic E-state index is 14.5. The first-order chi connectivity index (χ1) is 67.9. The van der Waals surface area contributed by atoms with Crippen LogP contribution >= 0.6 is 69.6 Å². The average molecular weight is 2170 g/mol. The summed E-state index contributed by atoms with van der Waals surface area (Å²) in [4.78, 5) is 132. The van der Waals surface area contributed by atoms with Gasteiger partial charge in [-0.1, -0.05) is 64.7 Å². The van der Waals surface area contributed by atoms with E-state index in [0.29, 0.717) is 226 Å². The van der Waals surface area contributed by atoms with Crippen molar-refractivity contribution in [3.63, 3.8) is 0 Å². The normalized spacial score (nSPS) is 21.0. The van der Waals surface area contributed by atoms with Crippen LogP contribution in [0.15, 0.2) is 72.2 Å². The number of hydrogen-bond donors (Lipinski definition) is 7. The lowest BCUT2D eigenvalue weighted by Crippen LogP contribution is -2.56. The molecule has 12 rings (SSSR count). The summed E-state index contributed by atoms with van der Waals surface area (Å²) < 4.78 is 78.7. The number of nitrogens with zero attached hydrogens (tertiary/aromatic N) is 12. The fourth-order valence-electron chi connectivity index (χ4n) is 14.8. The van der Waals surface area contributed by atoms with E-state index in [1.54, 1.807) is 107 Å². The highest BCUT2D eigenvalue weighted by Crippen LogP contribution is 2.31. The highest BCUT2D eigenvalue weighted by Gasteiger charge is 2.41. The molecule has 1 aromatic heterocycles. The molecule has 3 aromatic rings. The van der Waals surface area contributed by atoms with E-state index in [-0.39, 0.29) is 110 Å². The Kier molecular flexibility index (Phi) is 54.0. The molecule has 9 N–H and O–H groups in total. The van der Waals surface area contributed by atoms with E-state index in [1.807, 2.05) is 92.9 Å². The van der Waals surface area contributed by atoms with E-state index in [0.717, 1.165) is 43.4 Å². The molecule has 820 valence electrons. The Labute approximate surface area is 883 Å². The minimum atomic E-state index is -0.662. The van der Waals surface area contributed by atoms with E-state index in [2.05, 4.69) is 44.2 Å². The third kappa shape index (κ3) is 50.3. The minimum absolute atomic E-state index is 0.0167. The minimum Gasteiger partial charge on any atom is -0.444 e. The third-order valence-corrected chi connectivity index (χ3v) is 22.7. The lowest BCUT2D eigenvalue weighted by molar-refractivity contribution is -0.138. The number of oxime groups is 1. The van der Waals surface area contributed by atoms with Gasteiger partial charge in [-0.3, -0.25) is 14.4 Å². The van der Waals surface area contributed by atoms with E-state index in [1.165, 1.54) is 11.2 Å². The quantitative estimate of drug-likeness (QED) is 0.0291. The zero-order valence-electron chi connectivity index (χ0n) is 87.4. The maximum Gasteiger partial charge on any atom is 0.410 e. The van der Waals surface area contributed by atoms with Gasteiger partial charge in [-0.05, 0) is 211 Å². The van der Waals surface area contributed by atoms with Crippen LogP contribution in [0, 0.1) is 5.82 Å².